The van der Waals surface area contributed by atoms with Crippen molar-refractivity contribution in [3.63, 3.8) is 0 Å². The van der Waals surface area contributed by atoms with Gasteiger partial charge in [-0.05, 0) is 67.4 Å². The molecule has 0 aromatic heterocycles. The molecule has 0 saturated heterocycles. The van der Waals surface area contributed by atoms with Crippen molar-refractivity contribution in [2.75, 3.05) is 0 Å². The second kappa shape index (κ2) is 6.64. The third-order valence-electron chi connectivity index (χ3n) is 5.18. The van der Waals surface area contributed by atoms with Crippen LogP contribution in [0.25, 0.3) is 0 Å². The molecule has 0 bridgehead atoms. The van der Waals surface area contributed by atoms with E-state index in [0.29, 0.717) is 10.2 Å². The van der Waals surface area contributed by atoms with E-state index in [1.807, 2.05) is 0 Å². The van der Waals surface area contributed by atoms with Crippen molar-refractivity contribution in [3.05, 3.63) is 35.4 Å². The quantitative estimate of drug-likeness (QED) is 0.580. The summed E-state index contributed by atoms with van der Waals surface area (Å²) in [5.74, 6) is 1.77. The predicted octanol–water partition coefficient (Wildman–Crippen LogP) is 6.15. The topological polar surface area (TPSA) is 0 Å². The van der Waals surface area contributed by atoms with E-state index in [0.717, 1.165) is 11.8 Å². The predicted molar refractivity (Wildman–Crippen MR) is 92.5 cm³/mol. The Morgan fingerprint density at radius 3 is 2.25 bits per heavy atom. The lowest BCUT2D eigenvalue weighted by molar-refractivity contribution is 0.149. The second-order valence-corrected chi connectivity index (χ2v) is 8.80. The SMILES string of the molecule is Cc1ccccc1CC(Br)C1CCC(C(C)(C)C)CC1. The fourth-order valence-corrected chi connectivity index (χ4v) is 4.44. The number of aryl methyl sites for hydroxylation is 1. The van der Waals surface area contributed by atoms with Gasteiger partial charge in [0.2, 0.25) is 0 Å². The normalized spacial score (nSPS) is 25.4. The minimum absolute atomic E-state index is 0.489. The van der Waals surface area contributed by atoms with E-state index < -0.39 is 0 Å². The van der Waals surface area contributed by atoms with Crippen LogP contribution in [0, 0.1) is 24.2 Å². The summed E-state index contributed by atoms with van der Waals surface area (Å²) in [6, 6.07) is 8.81. The highest BCUT2D eigenvalue weighted by molar-refractivity contribution is 9.09. The first-order valence-corrected chi connectivity index (χ1v) is 8.98. The highest BCUT2D eigenvalue weighted by Gasteiger charge is 2.32. The number of halogens is 1. The molecule has 112 valence electrons. The molecule has 1 aliphatic carbocycles. The van der Waals surface area contributed by atoms with Gasteiger partial charge in [-0.3, -0.25) is 0 Å². The molecule has 0 nitrogen and oxygen atoms in total. The summed E-state index contributed by atoms with van der Waals surface area (Å²) in [5, 5.41) is 0. The van der Waals surface area contributed by atoms with Gasteiger partial charge in [0, 0.05) is 4.83 Å². The number of hydrogen-bond acceptors (Lipinski definition) is 0. The molecule has 1 aromatic rings. The van der Waals surface area contributed by atoms with Gasteiger partial charge in [-0.1, -0.05) is 61.0 Å². The summed E-state index contributed by atoms with van der Waals surface area (Å²) < 4.78 is 0. The van der Waals surface area contributed by atoms with E-state index in [1.54, 1.807) is 0 Å². The van der Waals surface area contributed by atoms with Crippen molar-refractivity contribution in [1.82, 2.24) is 0 Å². The van der Waals surface area contributed by atoms with E-state index >= 15 is 0 Å². The van der Waals surface area contributed by atoms with Gasteiger partial charge >= 0.3 is 0 Å². The maximum absolute atomic E-state index is 3.98. The van der Waals surface area contributed by atoms with Gasteiger partial charge in [0.25, 0.3) is 0 Å². The van der Waals surface area contributed by atoms with Crippen LogP contribution in [0.4, 0.5) is 0 Å². The monoisotopic (exact) mass is 336 g/mol. The van der Waals surface area contributed by atoms with E-state index in [4.69, 9.17) is 0 Å². The fourth-order valence-electron chi connectivity index (χ4n) is 3.56. The lowest BCUT2D eigenvalue weighted by atomic mass is 9.69. The third-order valence-corrected chi connectivity index (χ3v) is 6.26. The Balaban J connectivity index is 1.89. The molecule has 1 saturated carbocycles. The summed E-state index contributed by atoms with van der Waals surface area (Å²) in [6.45, 7) is 9.43. The number of benzene rings is 1. The first kappa shape index (κ1) is 16.1. The van der Waals surface area contributed by atoms with Crippen LogP contribution in [0.5, 0.6) is 0 Å². The van der Waals surface area contributed by atoms with Gasteiger partial charge in [-0.15, -0.1) is 0 Å². The Bertz CT molecular complexity index is 422. The first-order valence-electron chi connectivity index (χ1n) is 8.06. The lowest BCUT2D eigenvalue weighted by Gasteiger charge is -2.38. The van der Waals surface area contributed by atoms with E-state index in [9.17, 15) is 0 Å². The molecule has 1 aromatic carbocycles. The third kappa shape index (κ3) is 4.10. The minimum Gasteiger partial charge on any atom is -0.0884 e. The van der Waals surface area contributed by atoms with Crippen LogP contribution in [0.2, 0.25) is 0 Å². The van der Waals surface area contributed by atoms with Crippen LogP contribution in [0.1, 0.15) is 57.6 Å². The smallest absolute Gasteiger partial charge is 0.0214 e. The number of hydrogen-bond donors (Lipinski definition) is 0. The molecular formula is C19H29Br. The van der Waals surface area contributed by atoms with Crippen molar-refractivity contribution in [1.29, 1.82) is 0 Å². The summed E-state index contributed by atoms with van der Waals surface area (Å²) in [4.78, 5) is 0.643. The van der Waals surface area contributed by atoms with Crippen molar-refractivity contribution in [2.24, 2.45) is 17.3 Å². The zero-order chi connectivity index (χ0) is 14.8. The van der Waals surface area contributed by atoms with Gasteiger partial charge in [-0.2, -0.15) is 0 Å². The van der Waals surface area contributed by atoms with E-state index in [1.165, 1.54) is 43.2 Å². The minimum atomic E-state index is 0.489. The van der Waals surface area contributed by atoms with Crippen molar-refractivity contribution in [2.45, 2.75) is 64.6 Å². The number of alkyl halides is 1. The zero-order valence-electron chi connectivity index (χ0n) is 13.5. The maximum atomic E-state index is 3.98. The van der Waals surface area contributed by atoms with Crippen molar-refractivity contribution < 1.29 is 0 Å². The highest BCUT2D eigenvalue weighted by atomic mass is 79.9. The molecule has 0 amide bonds. The second-order valence-electron chi connectivity index (χ2n) is 7.62. The summed E-state index contributed by atoms with van der Waals surface area (Å²) >= 11 is 3.98. The Labute approximate surface area is 133 Å². The summed E-state index contributed by atoms with van der Waals surface area (Å²) in [6.07, 6.45) is 6.78. The van der Waals surface area contributed by atoms with Crippen LogP contribution in [0.3, 0.4) is 0 Å². The van der Waals surface area contributed by atoms with Gasteiger partial charge in [0.05, 0.1) is 0 Å². The Morgan fingerprint density at radius 1 is 1.10 bits per heavy atom. The maximum Gasteiger partial charge on any atom is 0.0214 e. The van der Waals surface area contributed by atoms with Crippen LogP contribution in [-0.2, 0) is 6.42 Å². The molecule has 0 spiro atoms. The van der Waals surface area contributed by atoms with E-state index in [2.05, 4.69) is 67.9 Å². The Morgan fingerprint density at radius 2 is 1.70 bits per heavy atom. The van der Waals surface area contributed by atoms with Crippen molar-refractivity contribution >= 4 is 15.9 Å². The molecule has 1 heteroatoms. The van der Waals surface area contributed by atoms with Crippen molar-refractivity contribution in [3.8, 4) is 0 Å². The summed E-state index contributed by atoms with van der Waals surface area (Å²) in [7, 11) is 0. The fraction of sp³-hybridized carbons (Fsp3) is 0.684. The van der Waals surface area contributed by atoms with Crippen LogP contribution < -0.4 is 0 Å². The summed E-state index contributed by atoms with van der Waals surface area (Å²) in [5.41, 5.74) is 3.43. The van der Waals surface area contributed by atoms with E-state index in [-0.39, 0.29) is 0 Å². The largest absolute Gasteiger partial charge is 0.0884 e. The lowest BCUT2D eigenvalue weighted by Crippen LogP contribution is -2.29. The molecule has 0 N–H and O–H groups in total. The first-order chi connectivity index (χ1) is 9.38. The number of rotatable bonds is 3. The Hall–Kier alpha value is -0.300. The molecule has 1 atom stereocenters. The zero-order valence-corrected chi connectivity index (χ0v) is 15.0. The van der Waals surface area contributed by atoms with Crippen LogP contribution >= 0.6 is 15.9 Å². The van der Waals surface area contributed by atoms with Gasteiger partial charge < -0.3 is 0 Å². The molecule has 0 aliphatic heterocycles. The molecule has 2 rings (SSSR count). The van der Waals surface area contributed by atoms with Crippen LogP contribution in [-0.4, -0.2) is 4.83 Å². The Kier molecular flexibility index (Phi) is 5.34. The van der Waals surface area contributed by atoms with Gasteiger partial charge in [-0.25, -0.2) is 0 Å². The standard InChI is InChI=1S/C19H29Br/c1-14-7-5-6-8-16(14)13-18(20)15-9-11-17(12-10-15)19(2,3)4/h5-8,15,17-18H,9-13H2,1-4H3. The molecule has 1 aliphatic rings. The van der Waals surface area contributed by atoms with Crippen LogP contribution in [0.15, 0.2) is 24.3 Å². The molecule has 0 radical (unpaired) electrons. The van der Waals surface area contributed by atoms with Gasteiger partial charge in [0.15, 0.2) is 0 Å². The molecule has 0 heterocycles. The average Bonchev–Trinajstić information content (AvgIpc) is 2.40. The van der Waals surface area contributed by atoms with Gasteiger partial charge in [0.1, 0.15) is 0 Å². The average molecular weight is 337 g/mol. The highest BCUT2D eigenvalue weighted by Crippen LogP contribution is 2.42. The molecule has 1 fully saturated rings. The molecular weight excluding hydrogens is 308 g/mol. The molecule has 1 unspecified atom stereocenters. The molecule has 20 heavy (non-hydrogen) atoms.